The zero-order valence-electron chi connectivity index (χ0n) is 11.0. The summed E-state index contributed by atoms with van der Waals surface area (Å²) in [6, 6.07) is 12.7. The average Bonchev–Trinajstić information content (AvgIpc) is 2.28. The molecule has 2 aromatic carbocycles. The van der Waals surface area contributed by atoms with Gasteiger partial charge in [-0.3, -0.25) is 0 Å². The molecule has 0 nitrogen and oxygen atoms in total. The minimum Gasteiger partial charge on any atom is -0.100 e. The van der Waals surface area contributed by atoms with Crippen molar-refractivity contribution in [3.63, 3.8) is 0 Å². The van der Waals surface area contributed by atoms with Crippen molar-refractivity contribution in [1.29, 1.82) is 0 Å². The van der Waals surface area contributed by atoms with Crippen LogP contribution < -0.4 is 0 Å². The van der Waals surface area contributed by atoms with E-state index in [-0.39, 0.29) is 0 Å². The molecule has 0 aromatic heterocycles. The zero-order valence-corrected chi connectivity index (χ0v) is 11.0. The molecule has 0 spiro atoms. The summed E-state index contributed by atoms with van der Waals surface area (Å²) in [7, 11) is 0. The molecule has 2 rings (SSSR count). The summed E-state index contributed by atoms with van der Waals surface area (Å²) in [4.78, 5) is 0. The third kappa shape index (κ3) is 3.60. The molecule has 0 aliphatic carbocycles. The molecule has 0 heteroatoms. The van der Waals surface area contributed by atoms with E-state index in [9.17, 15) is 0 Å². The highest BCUT2D eigenvalue weighted by Crippen LogP contribution is 2.22. The zero-order chi connectivity index (χ0) is 12.8. The van der Waals surface area contributed by atoms with Gasteiger partial charge in [0.2, 0.25) is 0 Å². The summed E-state index contributed by atoms with van der Waals surface area (Å²) in [5.74, 6) is 0. The fraction of sp³-hybridized carbons (Fsp3) is 0.176. The molecule has 0 amide bonds. The van der Waals surface area contributed by atoms with Crippen molar-refractivity contribution < 1.29 is 0 Å². The molecule has 0 heterocycles. The molecule has 0 bridgehead atoms. The SMILES string of the molecule is C=C(C)C.C=Cc1c(C)ccc2ccccc12. The first-order chi connectivity index (χ1) is 8.06. The maximum atomic E-state index is 3.84. The maximum absolute atomic E-state index is 3.84. The number of benzene rings is 2. The molecule has 0 unspecified atom stereocenters. The molecule has 0 aliphatic rings. The molecule has 0 atom stereocenters. The Kier molecular flexibility index (Phi) is 4.71. The molecular formula is C17H20. The van der Waals surface area contributed by atoms with Gasteiger partial charge in [-0.1, -0.05) is 54.6 Å². The van der Waals surface area contributed by atoms with E-state index in [2.05, 4.69) is 56.5 Å². The summed E-state index contributed by atoms with van der Waals surface area (Å²) >= 11 is 0. The fourth-order valence-electron chi connectivity index (χ4n) is 1.68. The highest BCUT2D eigenvalue weighted by molar-refractivity contribution is 5.91. The van der Waals surface area contributed by atoms with Gasteiger partial charge < -0.3 is 0 Å². The van der Waals surface area contributed by atoms with Gasteiger partial charge >= 0.3 is 0 Å². The van der Waals surface area contributed by atoms with E-state index >= 15 is 0 Å². The second-order valence-corrected chi connectivity index (χ2v) is 4.43. The smallest absolute Gasteiger partial charge is 0.0109 e. The number of rotatable bonds is 1. The Morgan fingerprint density at radius 1 is 1.06 bits per heavy atom. The highest BCUT2D eigenvalue weighted by Gasteiger charge is 1.99. The van der Waals surface area contributed by atoms with Crippen molar-refractivity contribution in [2.24, 2.45) is 0 Å². The lowest BCUT2D eigenvalue weighted by Crippen LogP contribution is -1.82. The summed E-state index contributed by atoms with van der Waals surface area (Å²) in [5, 5.41) is 2.57. The lowest BCUT2D eigenvalue weighted by Gasteiger charge is -2.05. The van der Waals surface area contributed by atoms with Gasteiger partial charge in [-0.05, 0) is 42.7 Å². The van der Waals surface area contributed by atoms with Crippen LogP contribution in [0.4, 0.5) is 0 Å². The van der Waals surface area contributed by atoms with Gasteiger partial charge in [0.15, 0.2) is 0 Å². The van der Waals surface area contributed by atoms with Gasteiger partial charge in [0.1, 0.15) is 0 Å². The topological polar surface area (TPSA) is 0 Å². The van der Waals surface area contributed by atoms with Gasteiger partial charge in [-0.25, -0.2) is 0 Å². The summed E-state index contributed by atoms with van der Waals surface area (Å²) in [6.07, 6.45) is 1.93. The molecule has 17 heavy (non-hydrogen) atoms. The van der Waals surface area contributed by atoms with Gasteiger partial charge in [0.05, 0.1) is 0 Å². The minimum atomic E-state index is 1.17. The van der Waals surface area contributed by atoms with Crippen molar-refractivity contribution in [3.05, 3.63) is 66.3 Å². The van der Waals surface area contributed by atoms with Crippen LogP contribution in [0, 0.1) is 6.92 Å². The Balaban J connectivity index is 0.000000317. The van der Waals surface area contributed by atoms with Gasteiger partial charge in [0.25, 0.3) is 0 Å². The average molecular weight is 224 g/mol. The Bertz CT molecular complexity index is 529. The fourth-order valence-corrected chi connectivity index (χ4v) is 1.68. The van der Waals surface area contributed by atoms with Crippen LogP contribution in [-0.4, -0.2) is 0 Å². The summed E-state index contributed by atoms with van der Waals surface area (Å²) in [6.45, 7) is 13.5. The van der Waals surface area contributed by atoms with Crippen molar-refractivity contribution in [3.8, 4) is 0 Å². The van der Waals surface area contributed by atoms with Gasteiger partial charge in [-0.2, -0.15) is 0 Å². The summed E-state index contributed by atoms with van der Waals surface area (Å²) < 4.78 is 0. The van der Waals surface area contributed by atoms with E-state index < -0.39 is 0 Å². The van der Waals surface area contributed by atoms with Crippen LogP contribution in [0.25, 0.3) is 16.8 Å². The van der Waals surface area contributed by atoms with Gasteiger partial charge in [-0.15, -0.1) is 6.58 Å². The van der Waals surface area contributed by atoms with Crippen LogP contribution in [0.5, 0.6) is 0 Å². The molecular weight excluding hydrogens is 204 g/mol. The maximum Gasteiger partial charge on any atom is -0.0109 e. The molecule has 0 N–H and O–H groups in total. The van der Waals surface area contributed by atoms with E-state index in [0.29, 0.717) is 0 Å². The normalized spacial score (nSPS) is 9.35. The van der Waals surface area contributed by atoms with E-state index in [1.807, 2.05) is 19.9 Å². The van der Waals surface area contributed by atoms with Gasteiger partial charge in [0, 0.05) is 0 Å². The lowest BCUT2D eigenvalue weighted by molar-refractivity contribution is 1.42. The van der Waals surface area contributed by atoms with Crippen molar-refractivity contribution >= 4 is 16.8 Å². The Morgan fingerprint density at radius 3 is 2.24 bits per heavy atom. The lowest BCUT2D eigenvalue weighted by atomic mass is 10.00. The van der Waals surface area contributed by atoms with E-state index in [4.69, 9.17) is 0 Å². The largest absolute Gasteiger partial charge is 0.100 e. The third-order valence-corrected chi connectivity index (χ3v) is 2.39. The Labute approximate surface area is 104 Å². The number of hydrogen-bond donors (Lipinski definition) is 0. The predicted octanol–water partition coefficient (Wildman–Crippen LogP) is 5.37. The summed E-state index contributed by atoms with van der Waals surface area (Å²) in [5.41, 5.74) is 3.70. The van der Waals surface area contributed by atoms with Crippen LogP contribution in [0.15, 0.2) is 55.1 Å². The second kappa shape index (κ2) is 6.05. The molecule has 0 aliphatic heterocycles. The standard InChI is InChI=1S/C13H12.C4H8/c1-3-12-10(2)8-9-11-6-4-5-7-13(11)12;1-4(2)3/h3-9H,1H2,2H3;1H2,2-3H3. The van der Waals surface area contributed by atoms with Crippen LogP contribution in [0.3, 0.4) is 0 Å². The second-order valence-electron chi connectivity index (χ2n) is 4.43. The molecule has 88 valence electrons. The number of hydrogen-bond acceptors (Lipinski definition) is 0. The first-order valence-corrected chi connectivity index (χ1v) is 5.79. The van der Waals surface area contributed by atoms with Crippen molar-refractivity contribution in [1.82, 2.24) is 0 Å². The predicted molar refractivity (Wildman–Crippen MR) is 79.3 cm³/mol. The molecule has 0 radical (unpaired) electrons. The molecule has 0 fully saturated rings. The Hall–Kier alpha value is -1.82. The van der Waals surface area contributed by atoms with E-state index in [1.165, 1.54) is 27.5 Å². The minimum absolute atomic E-state index is 1.17. The number of fused-ring (bicyclic) bond motifs is 1. The first kappa shape index (κ1) is 13.2. The molecule has 0 saturated carbocycles. The van der Waals surface area contributed by atoms with Crippen molar-refractivity contribution in [2.45, 2.75) is 20.8 Å². The van der Waals surface area contributed by atoms with Crippen LogP contribution in [0.1, 0.15) is 25.0 Å². The van der Waals surface area contributed by atoms with Crippen LogP contribution in [0.2, 0.25) is 0 Å². The van der Waals surface area contributed by atoms with E-state index in [1.54, 1.807) is 0 Å². The molecule has 2 aromatic rings. The third-order valence-electron chi connectivity index (χ3n) is 2.39. The Morgan fingerprint density at radius 2 is 1.65 bits per heavy atom. The quantitative estimate of drug-likeness (QED) is 0.571. The van der Waals surface area contributed by atoms with E-state index in [0.717, 1.165) is 0 Å². The van der Waals surface area contributed by atoms with Crippen LogP contribution >= 0.6 is 0 Å². The number of allylic oxidation sites excluding steroid dienone is 1. The van der Waals surface area contributed by atoms with Crippen LogP contribution in [-0.2, 0) is 0 Å². The first-order valence-electron chi connectivity index (χ1n) is 5.79. The monoisotopic (exact) mass is 224 g/mol. The van der Waals surface area contributed by atoms with Crippen molar-refractivity contribution in [2.75, 3.05) is 0 Å². The number of aryl methyl sites for hydroxylation is 1. The molecule has 0 saturated heterocycles. The highest BCUT2D eigenvalue weighted by atomic mass is 14.0.